The van der Waals surface area contributed by atoms with Gasteiger partial charge in [-0.15, -0.1) is 10.2 Å². The fourth-order valence-corrected chi connectivity index (χ4v) is 3.93. The van der Waals surface area contributed by atoms with Crippen molar-refractivity contribution in [2.24, 2.45) is 0 Å². The summed E-state index contributed by atoms with van der Waals surface area (Å²) in [6, 6.07) is 14.1. The fraction of sp³-hybridized carbons (Fsp3) is 0.261. The number of carbonyl (C=O) groups is 1. The van der Waals surface area contributed by atoms with E-state index in [1.807, 2.05) is 35.2 Å². The summed E-state index contributed by atoms with van der Waals surface area (Å²) in [4.78, 5) is 16.1. The van der Waals surface area contributed by atoms with Crippen LogP contribution >= 0.6 is 0 Å². The molecule has 10 heteroatoms. The summed E-state index contributed by atoms with van der Waals surface area (Å²) in [6.45, 7) is 1.66. The van der Waals surface area contributed by atoms with E-state index in [1.54, 1.807) is 0 Å². The zero-order valence-corrected chi connectivity index (χ0v) is 17.4. The number of alkyl halides is 3. The Morgan fingerprint density at radius 2 is 1.64 bits per heavy atom. The van der Waals surface area contributed by atoms with E-state index in [0.717, 1.165) is 11.6 Å². The lowest BCUT2D eigenvalue weighted by Gasteiger charge is -2.35. The molecule has 0 unspecified atom stereocenters. The molecule has 0 bridgehead atoms. The Labute approximate surface area is 187 Å². The topological polar surface area (TPSA) is 67.8 Å². The second kappa shape index (κ2) is 8.27. The smallest absolute Gasteiger partial charge is 0.417 e. The Hall–Kier alpha value is -3.82. The zero-order chi connectivity index (χ0) is 23.0. The standard InChI is InChI=1S/C23H19F3N4O3/c24-23(25,26)17-4-2-1-3-16(17)22(31)30-11-9-29(10-12-30)21-8-6-18(27-28-21)15-5-7-19-20(13-15)33-14-32-19/h1-8,13H,9-12,14H2. The number of hydrogen-bond acceptors (Lipinski definition) is 6. The van der Waals surface area contributed by atoms with Gasteiger partial charge in [-0.3, -0.25) is 4.79 Å². The van der Waals surface area contributed by atoms with Crippen molar-refractivity contribution in [3.8, 4) is 22.8 Å². The summed E-state index contributed by atoms with van der Waals surface area (Å²) >= 11 is 0. The molecule has 3 aromatic rings. The highest BCUT2D eigenvalue weighted by atomic mass is 19.4. The van der Waals surface area contributed by atoms with Crippen LogP contribution < -0.4 is 14.4 Å². The lowest BCUT2D eigenvalue weighted by molar-refractivity contribution is -0.138. The number of rotatable bonds is 3. The number of halogens is 3. The quantitative estimate of drug-likeness (QED) is 0.597. The lowest BCUT2D eigenvalue weighted by Crippen LogP contribution is -2.49. The summed E-state index contributed by atoms with van der Waals surface area (Å²) < 4.78 is 50.5. The minimum absolute atomic E-state index is 0.194. The minimum Gasteiger partial charge on any atom is -0.454 e. The van der Waals surface area contributed by atoms with Gasteiger partial charge in [0.05, 0.1) is 16.8 Å². The lowest BCUT2D eigenvalue weighted by atomic mass is 10.1. The highest BCUT2D eigenvalue weighted by molar-refractivity contribution is 5.96. The van der Waals surface area contributed by atoms with Gasteiger partial charge in [0.2, 0.25) is 6.79 Å². The van der Waals surface area contributed by atoms with Gasteiger partial charge in [0, 0.05) is 31.7 Å². The molecule has 1 aromatic heterocycles. The van der Waals surface area contributed by atoms with Gasteiger partial charge in [0.1, 0.15) is 0 Å². The van der Waals surface area contributed by atoms with Crippen LogP contribution in [0.2, 0.25) is 0 Å². The molecule has 33 heavy (non-hydrogen) atoms. The van der Waals surface area contributed by atoms with Crippen molar-refractivity contribution in [2.45, 2.75) is 6.18 Å². The molecule has 2 aromatic carbocycles. The Morgan fingerprint density at radius 1 is 0.879 bits per heavy atom. The Bertz CT molecular complexity index is 1180. The highest BCUT2D eigenvalue weighted by Gasteiger charge is 2.36. The Balaban J connectivity index is 1.25. The monoisotopic (exact) mass is 456 g/mol. The molecular weight excluding hydrogens is 437 g/mol. The molecule has 0 spiro atoms. The number of aromatic nitrogens is 2. The van der Waals surface area contributed by atoms with Gasteiger partial charge < -0.3 is 19.3 Å². The normalized spacial score (nSPS) is 15.6. The van der Waals surface area contributed by atoms with Crippen molar-refractivity contribution in [2.75, 3.05) is 37.9 Å². The largest absolute Gasteiger partial charge is 0.454 e. The number of ether oxygens (including phenoxy) is 2. The Kier molecular flexibility index (Phi) is 5.27. The summed E-state index contributed by atoms with van der Waals surface area (Å²) in [5.41, 5.74) is 0.278. The van der Waals surface area contributed by atoms with Crippen molar-refractivity contribution >= 4 is 11.7 Å². The number of amides is 1. The average molecular weight is 456 g/mol. The summed E-state index contributed by atoms with van der Waals surface area (Å²) in [5, 5.41) is 8.59. The van der Waals surface area contributed by atoms with Crippen molar-refractivity contribution in [1.82, 2.24) is 15.1 Å². The first-order valence-electron chi connectivity index (χ1n) is 10.3. The summed E-state index contributed by atoms with van der Waals surface area (Å²) in [5.74, 6) is 1.37. The van der Waals surface area contributed by atoms with Crippen LogP contribution in [0, 0.1) is 0 Å². The summed E-state index contributed by atoms with van der Waals surface area (Å²) in [7, 11) is 0. The van der Waals surface area contributed by atoms with E-state index in [1.165, 1.54) is 23.1 Å². The molecule has 1 saturated heterocycles. The first-order valence-corrected chi connectivity index (χ1v) is 10.3. The number of fused-ring (bicyclic) bond motifs is 1. The molecule has 2 aliphatic rings. The van der Waals surface area contributed by atoms with Gasteiger partial charge in [-0.25, -0.2) is 0 Å². The molecule has 0 N–H and O–H groups in total. The van der Waals surface area contributed by atoms with Crippen LogP contribution in [0.3, 0.4) is 0 Å². The fourth-order valence-electron chi connectivity index (χ4n) is 3.93. The van der Waals surface area contributed by atoms with Crippen LogP contribution in [0.1, 0.15) is 15.9 Å². The molecule has 1 amide bonds. The molecule has 7 nitrogen and oxygen atoms in total. The van der Waals surface area contributed by atoms with Gasteiger partial charge >= 0.3 is 6.18 Å². The SMILES string of the molecule is O=C(c1ccccc1C(F)(F)F)N1CCN(c2ccc(-c3ccc4c(c3)OCO4)nn2)CC1. The highest BCUT2D eigenvalue weighted by Crippen LogP contribution is 2.35. The third kappa shape index (κ3) is 4.15. The average Bonchev–Trinajstić information content (AvgIpc) is 3.31. The minimum atomic E-state index is -4.58. The van der Waals surface area contributed by atoms with Crippen LogP contribution in [0.15, 0.2) is 54.6 Å². The van der Waals surface area contributed by atoms with Crippen molar-refractivity contribution in [3.05, 3.63) is 65.7 Å². The number of anilines is 1. The predicted octanol–water partition coefficient (Wildman–Crippen LogP) is 3.85. The first-order chi connectivity index (χ1) is 15.9. The summed E-state index contributed by atoms with van der Waals surface area (Å²) in [6.07, 6.45) is -4.58. The van der Waals surface area contributed by atoms with E-state index in [-0.39, 0.29) is 25.4 Å². The van der Waals surface area contributed by atoms with Crippen LogP contribution in [0.5, 0.6) is 11.5 Å². The van der Waals surface area contributed by atoms with Crippen molar-refractivity contribution in [3.63, 3.8) is 0 Å². The number of nitrogens with zero attached hydrogens (tertiary/aromatic N) is 4. The number of carbonyl (C=O) groups excluding carboxylic acids is 1. The van der Waals surface area contributed by atoms with E-state index >= 15 is 0 Å². The van der Waals surface area contributed by atoms with Crippen molar-refractivity contribution < 1.29 is 27.4 Å². The Morgan fingerprint density at radius 3 is 2.36 bits per heavy atom. The van der Waals surface area contributed by atoms with E-state index in [9.17, 15) is 18.0 Å². The number of piperazine rings is 1. The third-order valence-electron chi connectivity index (χ3n) is 5.67. The van der Waals surface area contributed by atoms with Gasteiger partial charge in [-0.05, 0) is 42.5 Å². The zero-order valence-electron chi connectivity index (χ0n) is 17.4. The second-order valence-electron chi connectivity index (χ2n) is 7.67. The molecule has 0 radical (unpaired) electrons. The maximum absolute atomic E-state index is 13.3. The molecule has 5 rings (SSSR count). The molecular formula is C23H19F3N4O3. The molecule has 2 aliphatic heterocycles. The molecule has 3 heterocycles. The van der Waals surface area contributed by atoms with Gasteiger partial charge in [0.25, 0.3) is 5.91 Å². The van der Waals surface area contributed by atoms with E-state index < -0.39 is 17.6 Å². The number of benzene rings is 2. The molecule has 0 atom stereocenters. The second-order valence-corrected chi connectivity index (χ2v) is 7.67. The van der Waals surface area contributed by atoms with Gasteiger partial charge in [0.15, 0.2) is 17.3 Å². The third-order valence-corrected chi connectivity index (χ3v) is 5.67. The molecule has 170 valence electrons. The predicted molar refractivity (Wildman–Crippen MR) is 113 cm³/mol. The van der Waals surface area contributed by atoms with E-state index in [4.69, 9.17) is 9.47 Å². The maximum atomic E-state index is 13.3. The maximum Gasteiger partial charge on any atom is 0.417 e. The van der Waals surface area contributed by atoms with E-state index in [2.05, 4.69) is 10.2 Å². The number of hydrogen-bond donors (Lipinski definition) is 0. The van der Waals surface area contributed by atoms with Crippen LogP contribution in [-0.2, 0) is 6.18 Å². The molecule has 1 fully saturated rings. The molecule has 0 saturated carbocycles. The van der Waals surface area contributed by atoms with Crippen LogP contribution in [-0.4, -0.2) is 54.0 Å². The van der Waals surface area contributed by atoms with E-state index in [0.29, 0.717) is 36.1 Å². The van der Waals surface area contributed by atoms with Gasteiger partial charge in [-0.1, -0.05) is 12.1 Å². The van der Waals surface area contributed by atoms with Crippen LogP contribution in [0.4, 0.5) is 19.0 Å². The van der Waals surface area contributed by atoms with Crippen molar-refractivity contribution in [1.29, 1.82) is 0 Å². The first kappa shape index (κ1) is 21.0. The molecule has 0 aliphatic carbocycles. The van der Waals surface area contributed by atoms with Crippen LogP contribution in [0.25, 0.3) is 11.3 Å². The van der Waals surface area contributed by atoms with Gasteiger partial charge in [-0.2, -0.15) is 13.2 Å².